The van der Waals surface area contributed by atoms with Crippen LogP contribution >= 0.6 is 0 Å². The maximum atomic E-state index is 9.75. The maximum absolute atomic E-state index is 9.75. The highest BCUT2D eigenvalue weighted by Gasteiger charge is 2.31. The molecule has 1 saturated heterocycles. The van der Waals surface area contributed by atoms with Crippen molar-refractivity contribution in [1.29, 1.82) is 0 Å². The van der Waals surface area contributed by atoms with E-state index < -0.39 is 12.4 Å². The Balaban J connectivity index is 2.49. The highest BCUT2D eigenvalue weighted by Crippen LogP contribution is 2.27. The van der Waals surface area contributed by atoms with E-state index in [0.717, 1.165) is 6.42 Å². The van der Waals surface area contributed by atoms with Gasteiger partial charge in [0.1, 0.15) is 0 Å². The van der Waals surface area contributed by atoms with Gasteiger partial charge in [0.05, 0.1) is 12.2 Å². The first-order chi connectivity index (χ1) is 6.00. The molecule has 1 fully saturated rings. The predicted octanol–water partition coefficient (Wildman–Crippen LogP) is 1.14. The van der Waals surface area contributed by atoms with Crippen LogP contribution in [0.1, 0.15) is 33.6 Å². The van der Waals surface area contributed by atoms with Crippen molar-refractivity contribution in [3.63, 3.8) is 0 Å². The average Bonchev–Trinajstić information content (AvgIpc) is 2.01. The molecular formula is C10H20O3. The molecule has 1 aliphatic heterocycles. The second-order valence-electron chi connectivity index (χ2n) is 4.44. The predicted molar refractivity (Wildman–Crippen MR) is 50.1 cm³/mol. The van der Waals surface area contributed by atoms with Crippen LogP contribution in [0.25, 0.3) is 0 Å². The SMILES string of the molecule is CC(C)[C@H](O)[C@@H]1C[C@@H](C)CC(O)O1. The van der Waals surface area contributed by atoms with E-state index in [0.29, 0.717) is 12.3 Å². The smallest absolute Gasteiger partial charge is 0.155 e. The zero-order chi connectivity index (χ0) is 10.0. The van der Waals surface area contributed by atoms with Gasteiger partial charge in [0, 0.05) is 6.42 Å². The second kappa shape index (κ2) is 4.40. The van der Waals surface area contributed by atoms with Crippen LogP contribution in [0.2, 0.25) is 0 Å². The number of hydrogen-bond donors (Lipinski definition) is 2. The molecule has 0 bridgehead atoms. The Bertz CT molecular complexity index is 148. The number of rotatable bonds is 2. The van der Waals surface area contributed by atoms with Crippen LogP contribution in [0.15, 0.2) is 0 Å². The molecule has 3 heteroatoms. The minimum Gasteiger partial charge on any atom is -0.390 e. The van der Waals surface area contributed by atoms with Gasteiger partial charge in [-0.3, -0.25) is 0 Å². The third kappa shape index (κ3) is 2.93. The Morgan fingerprint density at radius 2 is 1.92 bits per heavy atom. The standard InChI is InChI=1S/C10H20O3/c1-6(2)10(12)8-4-7(3)5-9(11)13-8/h6-12H,4-5H2,1-3H3/t7-,8+,9?,10+/m1/s1. The first-order valence-electron chi connectivity index (χ1n) is 5.02. The summed E-state index contributed by atoms with van der Waals surface area (Å²) in [6.45, 7) is 5.99. The third-order valence-corrected chi connectivity index (χ3v) is 2.63. The molecule has 2 N–H and O–H groups in total. The summed E-state index contributed by atoms with van der Waals surface area (Å²) in [7, 11) is 0. The van der Waals surface area contributed by atoms with Crippen LogP contribution in [0.3, 0.4) is 0 Å². The van der Waals surface area contributed by atoms with Gasteiger partial charge < -0.3 is 14.9 Å². The van der Waals surface area contributed by atoms with Crippen LogP contribution in [0.4, 0.5) is 0 Å². The lowest BCUT2D eigenvalue weighted by Crippen LogP contribution is -2.41. The van der Waals surface area contributed by atoms with Crippen LogP contribution in [0, 0.1) is 11.8 Å². The molecule has 3 nitrogen and oxygen atoms in total. The van der Waals surface area contributed by atoms with Gasteiger partial charge in [-0.2, -0.15) is 0 Å². The Kier molecular flexibility index (Phi) is 3.71. The molecule has 4 atom stereocenters. The summed E-state index contributed by atoms with van der Waals surface area (Å²) in [6, 6.07) is 0. The van der Waals surface area contributed by atoms with Crippen LogP contribution in [0.5, 0.6) is 0 Å². The summed E-state index contributed by atoms with van der Waals surface area (Å²) in [5, 5.41) is 19.1. The van der Waals surface area contributed by atoms with Crippen LogP contribution < -0.4 is 0 Å². The Labute approximate surface area is 79.7 Å². The van der Waals surface area contributed by atoms with E-state index in [1.54, 1.807) is 0 Å². The summed E-state index contributed by atoms with van der Waals surface area (Å²) in [4.78, 5) is 0. The zero-order valence-electron chi connectivity index (χ0n) is 8.60. The summed E-state index contributed by atoms with van der Waals surface area (Å²) in [6.07, 6.45) is 0.177. The Morgan fingerprint density at radius 3 is 2.38 bits per heavy atom. The van der Waals surface area contributed by atoms with Gasteiger partial charge >= 0.3 is 0 Å². The van der Waals surface area contributed by atoms with Crippen molar-refractivity contribution in [1.82, 2.24) is 0 Å². The lowest BCUT2D eigenvalue weighted by Gasteiger charge is -2.35. The molecule has 0 aromatic rings. The van der Waals surface area contributed by atoms with E-state index in [2.05, 4.69) is 6.92 Å². The molecule has 1 unspecified atom stereocenters. The van der Waals surface area contributed by atoms with Gasteiger partial charge in [0.25, 0.3) is 0 Å². The summed E-state index contributed by atoms with van der Waals surface area (Å²) in [5.41, 5.74) is 0. The van der Waals surface area contributed by atoms with Gasteiger partial charge in [-0.15, -0.1) is 0 Å². The molecule has 13 heavy (non-hydrogen) atoms. The highest BCUT2D eigenvalue weighted by molar-refractivity contribution is 4.78. The van der Waals surface area contributed by atoms with Gasteiger partial charge in [-0.25, -0.2) is 0 Å². The van der Waals surface area contributed by atoms with Crippen LogP contribution in [-0.2, 0) is 4.74 Å². The van der Waals surface area contributed by atoms with Crippen molar-refractivity contribution in [2.45, 2.75) is 52.1 Å². The fourth-order valence-electron chi connectivity index (χ4n) is 1.80. The number of ether oxygens (including phenoxy) is 1. The Morgan fingerprint density at radius 1 is 1.31 bits per heavy atom. The van der Waals surface area contributed by atoms with E-state index in [-0.39, 0.29) is 12.0 Å². The minimum atomic E-state index is -0.692. The van der Waals surface area contributed by atoms with E-state index in [4.69, 9.17) is 4.74 Å². The van der Waals surface area contributed by atoms with Gasteiger partial charge in [0.15, 0.2) is 6.29 Å². The second-order valence-corrected chi connectivity index (χ2v) is 4.44. The van der Waals surface area contributed by atoms with Gasteiger partial charge in [-0.05, 0) is 18.3 Å². The lowest BCUT2D eigenvalue weighted by molar-refractivity contribution is -0.206. The maximum Gasteiger partial charge on any atom is 0.155 e. The molecule has 0 aliphatic carbocycles. The topological polar surface area (TPSA) is 49.7 Å². The summed E-state index contributed by atoms with van der Waals surface area (Å²) in [5.74, 6) is 0.615. The molecule has 0 amide bonds. The lowest BCUT2D eigenvalue weighted by atomic mass is 9.90. The van der Waals surface area contributed by atoms with E-state index in [1.807, 2.05) is 13.8 Å². The fraction of sp³-hybridized carbons (Fsp3) is 1.00. The molecule has 1 aliphatic rings. The van der Waals surface area contributed by atoms with E-state index in [1.165, 1.54) is 0 Å². The van der Waals surface area contributed by atoms with Crippen molar-refractivity contribution >= 4 is 0 Å². The molecule has 0 aromatic carbocycles. The molecule has 1 heterocycles. The van der Waals surface area contributed by atoms with Crippen molar-refractivity contribution < 1.29 is 14.9 Å². The summed E-state index contributed by atoms with van der Waals surface area (Å²) >= 11 is 0. The first-order valence-corrected chi connectivity index (χ1v) is 5.02. The molecule has 0 spiro atoms. The molecule has 0 saturated carbocycles. The monoisotopic (exact) mass is 188 g/mol. The number of aliphatic hydroxyl groups excluding tert-OH is 2. The normalized spacial score (nSPS) is 37.8. The van der Waals surface area contributed by atoms with Crippen LogP contribution in [-0.4, -0.2) is 28.7 Å². The number of hydrogen-bond acceptors (Lipinski definition) is 3. The average molecular weight is 188 g/mol. The molecular weight excluding hydrogens is 168 g/mol. The van der Waals surface area contributed by atoms with E-state index in [9.17, 15) is 10.2 Å². The molecule has 78 valence electrons. The summed E-state index contributed by atoms with van der Waals surface area (Å²) < 4.78 is 5.29. The third-order valence-electron chi connectivity index (χ3n) is 2.63. The van der Waals surface area contributed by atoms with Crippen molar-refractivity contribution in [3.8, 4) is 0 Å². The fourth-order valence-corrected chi connectivity index (χ4v) is 1.80. The van der Waals surface area contributed by atoms with Crippen molar-refractivity contribution in [2.75, 3.05) is 0 Å². The molecule has 0 aromatic heterocycles. The van der Waals surface area contributed by atoms with Crippen molar-refractivity contribution in [3.05, 3.63) is 0 Å². The molecule has 0 radical (unpaired) electrons. The Hall–Kier alpha value is -0.120. The zero-order valence-corrected chi connectivity index (χ0v) is 8.60. The van der Waals surface area contributed by atoms with Gasteiger partial charge in [-0.1, -0.05) is 20.8 Å². The minimum absolute atomic E-state index is 0.183. The first kappa shape index (κ1) is 11.0. The number of aliphatic hydroxyl groups is 2. The highest BCUT2D eigenvalue weighted by atomic mass is 16.6. The van der Waals surface area contributed by atoms with E-state index >= 15 is 0 Å². The van der Waals surface area contributed by atoms with Crippen molar-refractivity contribution in [2.24, 2.45) is 11.8 Å². The quantitative estimate of drug-likeness (QED) is 0.683. The van der Waals surface area contributed by atoms with Gasteiger partial charge in [0.2, 0.25) is 0 Å². The molecule has 1 rings (SSSR count). The largest absolute Gasteiger partial charge is 0.390 e.